The molecule has 26 nitrogen and oxygen atoms in total. The lowest BCUT2D eigenvalue weighted by Crippen LogP contribution is -2.64. The maximum absolute atomic E-state index is 14.7. The minimum atomic E-state index is -2.52. The maximum atomic E-state index is 14.7. The molecule has 0 aromatic heterocycles. The van der Waals surface area contributed by atoms with Crippen molar-refractivity contribution in [1.29, 1.82) is 0 Å². The average molecular weight is 1280 g/mol. The lowest BCUT2D eigenvalue weighted by atomic mass is 9.78. The molecule has 3 unspecified atom stereocenters. The van der Waals surface area contributed by atoms with Gasteiger partial charge < -0.3 is 98.2 Å². The predicted octanol–water partition coefficient (Wildman–Crippen LogP) is 1.97. The lowest BCUT2D eigenvalue weighted by molar-refractivity contribution is -0.355. The van der Waals surface area contributed by atoms with Gasteiger partial charge in [-0.1, -0.05) is 71.1 Å². The van der Waals surface area contributed by atoms with E-state index in [1.165, 1.54) is 14.2 Å². The number of hydrogen-bond acceptors (Lipinski definition) is 25. The Morgan fingerprint density at radius 1 is 0.733 bits per heavy atom. The van der Waals surface area contributed by atoms with Gasteiger partial charge in [0.15, 0.2) is 12.1 Å². The van der Waals surface area contributed by atoms with E-state index in [0.29, 0.717) is 50.5 Å². The van der Waals surface area contributed by atoms with Crippen LogP contribution >= 0.6 is 0 Å². The Balaban J connectivity index is 1.20. The number of piperidine rings is 1. The molecule has 26 heteroatoms. The second-order valence-corrected chi connectivity index (χ2v) is 25.6. The first-order chi connectivity index (χ1) is 42.6. The summed E-state index contributed by atoms with van der Waals surface area (Å²) in [7, 11) is 4.28. The summed E-state index contributed by atoms with van der Waals surface area (Å²) in [5.74, 6) is -9.44. The number of cyclic esters (lactones) is 1. The van der Waals surface area contributed by atoms with Crippen molar-refractivity contribution in [3.8, 4) is 0 Å². The molecule has 5 fully saturated rings. The van der Waals surface area contributed by atoms with Crippen LogP contribution in [0.2, 0.25) is 0 Å². The van der Waals surface area contributed by atoms with Crippen LogP contribution in [-0.4, -0.2) is 243 Å². The van der Waals surface area contributed by atoms with Crippen LogP contribution in [-0.2, 0) is 71.3 Å². The molecule has 1 amide bonds. The molecule has 0 aromatic rings. The summed E-state index contributed by atoms with van der Waals surface area (Å²) in [4.78, 5) is 86.4. The second-order valence-electron chi connectivity index (χ2n) is 25.6. The highest BCUT2D eigenvalue weighted by Crippen LogP contribution is 2.39. The summed E-state index contributed by atoms with van der Waals surface area (Å²) in [5, 5.41) is 96.5. The number of aliphatic hydroxyl groups is 9. The average Bonchev–Trinajstić information content (AvgIpc) is 0.826. The maximum Gasteiger partial charge on any atom is 0.511 e. The summed E-state index contributed by atoms with van der Waals surface area (Å²) in [6, 6.07) is -1.28. The molecule has 0 radical (unpaired) electrons. The van der Waals surface area contributed by atoms with Crippen molar-refractivity contribution in [2.24, 2.45) is 35.5 Å². The standard InChI is InChI=1S/C64H99NO25/c1-32-16-12-11-13-17-33(2)44(81-8)28-40-21-19-38(7)64(80,90-40)58(76)59(77)65-23-15-14-18-41(65)60(78)84-45(29-42(68)34(3)25-37(6)50(70)57(83-10)49(69)36(5)24-32)35(4)26-39-20-22-43(46(27-39)82-9)87-63(79)89-62-55(75)53(73)56(48(31-67)86-62)88-61-54(74)52(72)51(71)47(30-66)85-61/h11-13,16-17,25,32,34-36,38-41,43-48,50-57,61-62,66-67,70-75,80H,14-15,18-24,26-31H2,1-10H3/b13-11+,16-12+,33-17+,37-25+/t32-,34-,35-,36-,38-,39?,40+,41?,43-,44+,45+,46-,47-,48-,50-,51-,52+,53-,54-,55-,56-,57+,61?,62+,64-/m1/s1. The summed E-state index contributed by atoms with van der Waals surface area (Å²) in [5.41, 5.74) is 1.13. The molecule has 5 aliphatic heterocycles. The highest BCUT2D eigenvalue weighted by molar-refractivity contribution is 6.39. The van der Waals surface area contributed by atoms with Crippen molar-refractivity contribution in [3.63, 3.8) is 0 Å². The number of Topliss-reactive ketones (excluding diaryl/α,β-unsaturated/α-hetero) is 3. The van der Waals surface area contributed by atoms with Crippen LogP contribution in [0.1, 0.15) is 126 Å². The first-order valence-corrected chi connectivity index (χ1v) is 31.6. The third-order valence-electron chi connectivity index (χ3n) is 18.9. The predicted molar refractivity (Wildman–Crippen MR) is 317 cm³/mol. The van der Waals surface area contributed by atoms with Crippen molar-refractivity contribution < 1.29 is 122 Å². The highest BCUT2D eigenvalue weighted by Gasteiger charge is 2.55. The van der Waals surface area contributed by atoms with Gasteiger partial charge in [-0.25, -0.2) is 9.59 Å². The number of carbonyl (C=O) groups excluding carboxylic acids is 6. The molecule has 0 aromatic carbocycles. The van der Waals surface area contributed by atoms with Crippen molar-refractivity contribution in [2.75, 3.05) is 41.1 Å². The summed E-state index contributed by atoms with van der Waals surface area (Å²) < 4.78 is 57.3. The van der Waals surface area contributed by atoms with Crippen LogP contribution < -0.4 is 0 Å². The number of ether oxygens (including phenoxy) is 10. The van der Waals surface area contributed by atoms with Gasteiger partial charge in [0.05, 0.1) is 31.5 Å². The van der Waals surface area contributed by atoms with E-state index in [0.717, 1.165) is 10.5 Å². The molecule has 510 valence electrons. The minimum Gasteiger partial charge on any atom is -0.460 e. The van der Waals surface area contributed by atoms with E-state index in [1.807, 2.05) is 44.2 Å². The van der Waals surface area contributed by atoms with Crippen molar-refractivity contribution in [2.45, 2.75) is 241 Å². The molecule has 1 aliphatic carbocycles. The molecular formula is C64H99NO25. The lowest BCUT2D eigenvalue weighted by Gasteiger charge is -2.45. The minimum absolute atomic E-state index is 0.0114. The Hall–Kier alpha value is -4.46. The van der Waals surface area contributed by atoms with Gasteiger partial charge in [0.2, 0.25) is 12.1 Å². The topological polar surface area (TPSA) is 380 Å². The van der Waals surface area contributed by atoms with E-state index in [4.69, 9.17) is 47.4 Å². The SMILES string of the molecule is CO[C@H]1C[C@@H]2CC[C@@H](C)[C@@](O)(O2)C(=O)C(=O)N2CCCCC2C(=O)O[C@H]([C@H](C)CC2CC[C@@H](OC(=O)O[C@@H]3O[C@H](CO)[C@@H](OC4O[C@H](CO)[C@@H](O)[C@H](O)[C@H]4O)[C@H](O)[C@H]3O)[C@H](OC)C2)CC(=O)[C@H](C)/C=C(\C)[C@@H](O)[C@@H](OC)C(=O)[C@H](C)C[C@H](C)/C=C/C=C/C=C/1C. The van der Waals surface area contributed by atoms with Crippen LogP contribution in [0.3, 0.4) is 0 Å². The van der Waals surface area contributed by atoms with E-state index < -0.39 is 182 Å². The van der Waals surface area contributed by atoms with Gasteiger partial charge in [0, 0.05) is 58.5 Å². The molecule has 9 N–H and O–H groups in total. The molecule has 90 heavy (non-hydrogen) atoms. The van der Waals surface area contributed by atoms with E-state index in [2.05, 4.69) is 0 Å². The molecule has 1 saturated carbocycles. The van der Waals surface area contributed by atoms with Gasteiger partial charge in [-0.3, -0.25) is 19.2 Å². The smallest absolute Gasteiger partial charge is 0.460 e. The van der Waals surface area contributed by atoms with Gasteiger partial charge in [-0.15, -0.1) is 0 Å². The van der Waals surface area contributed by atoms with E-state index in [1.54, 1.807) is 47.8 Å². The van der Waals surface area contributed by atoms with Crippen molar-refractivity contribution >= 4 is 35.4 Å². The third-order valence-corrected chi connectivity index (χ3v) is 18.9. The molecular weight excluding hydrogens is 1180 g/mol. The van der Waals surface area contributed by atoms with E-state index >= 15 is 0 Å². The zero-order valence-electron chi connectivity index (χ0n) is 53.4. The van der Waals surface area contributed by atoms with Crippen LogP contribution in [0.5, 0.6) is 0 Å². The Morgan fingerprint density at radius 2 is 1.42 bits per heavy atom. The Bertz CT molecular complexity index is 2520. The Morgan fingerprint density at radius 3 is 2.09 bits per heavy atom. The fourth-order valence-corrected chi connectivity index (χ4v) is 13.1. The normalized spacial score (nSPS) is 42.7. The second kappa shape index (κ2) is 34.1. The highest BCUT2D eigenvalue weighted by atomic mass is 16.8. The van der Waals surface area contributed by atoms with Gasteiger partial charge >= 0.3 is 12.1 Å². The van der Waals surface area contributed by atoms with Gasteiger partial charge in [-0.05, 0) is 107 Å². The summed E-state index contributed by atoms with van der Waals surface area (Å²) in [6.45, 7) is 10.6. The number of amides is 1. The number of methoxy groups -OCH3 is 3. The van der Waals surface area contributed by atoms with Gasteiger partial charge in [0.1, 0.15) is 85.1 Å². The number of esters is 1. The number of aliphatic hydroxyl groups excluding tert-OH is 8. The molecule has 6 rings (SSSR count). The number of fused-ring (bicyclic) bond motifs is 3. The van der Waals surface area contributed by atoms with Gasteiger partial charge in [-0.2, -0.15) is 0 Å². The quantitative estimate of drug-likeness (QED) is 0.0766. The first-order valence-electron chi connectivity index (χ1n) is 31.6. The van der Waals surface area contributed by atoms with Crippen molar-refractivity contribution in [1.82, 2.24) is 4.90 Å². The monoisotopic (exact) mass is 1280 g/mol. The molecule has 25 atom stereocenters. The molecule has 2 bridgehead atoms. The number of hydrogen-bond donors (Lipinski definition) is 9. The number of rotatable bonds is 12. The zero-order valence-corrected chi connectivity index (χ0v) is 53.4. The van der Waals surface area contributed by atoms with Crippen LogP contribution in [0, 0.1) is 35.5 Å². The van der Waals surface area contributed by atoms with Crippen LogP contribution in [0.25, 0.3) is 0 Å². The number of nitrogens with zero attached hydrogens (tertiary/aromatic N) is 1. The fourth-order valence-electron chi connectivity index (χ4n) is 13.1. The van der Waals surface area contributed by atoms with E-state index in [9.17, 15) is 74.7 Å². The Kier molecular flexibility index (Phi) is 28.3. The summed E-state index contributed by atoms with van der Waals surface area (Å²) >= 11 is 0. The van der Waals surface area contributed by atoms with Crippen LogP contribution in [0.4, 0.5) is 4.79 Å². The summed E-state index contributed by atoms with van der Waals surface area (Å²) in [6.07, 6.45) is -11.3. The number of allylic oxidation sites excluding steroid dienone is 6. The fraction of sp³-hybridized carbons (Fsp3) is 0.781. The van der Waals surface area contributed by atoms with Crippen molar-refractivity contribution in [3.05, 3.63) is 47.6 Å². The van der Waals surface area contributed by atoms with E-state index in [-0.39, 0.29) is 56.3 Å². The largest absolute Gasteiger partial charge is 0.511 e. The molecule has 4 saturated heterocycles. The number of carbonyl (C=O) groups is 6. The molecule has 6 aliphatic rings. The van der Waals surface area contributed by atoms with Gasteiger partial charge in [0.25, 0.3) is 11.7 Å². The third kappa shape index (κ3) is 18.5. The zero-order chi connectivity index (χ0) is 66.5. The van der Waals surface area contributed by atoms with Crippen LogP contribution in [0.15, 0.2) is 47.6 Å². The first kappa shape index (κ1) is 74.6. The Labute approximate surface area is 526 Å². The molecule has 5 heterocycles. The number of ketones is 3. The molecule has 0 spiro atoms.